The predicted octanol–water partition coefficient (Wildman–Crippen LogP) is 6.63. The normalized spacial score (nSPS) is 11.5. The largest absolute Gasteiger partial charge is 0.493 e. The lowest BCUT2D eigenvalue weighted by atomic mass is 10.1. The number of alkyl halides is 3. The molecule has 0 spiro atoms. The van der Waals surface area contributed by atoms with Crippen molar-refractivity contribution >= 4 is 29.3 Å². The van der Waals surface area contributed by atoms with Crippen LogP contribution in [-0.4, -0.2) is 13.0 Å². The number of hydrogen-bond acceptors (Lipinski definition) is 4. The van der Waals surface area contributed by atoms with Crippen LogP contribution in [0.4, 0.5) is 23.2 Å². The van der Waals surface area contributed by atoms with E-state index in [4.69, 9.17) is 21.1 Å². The Morgan fingerprint density at radius 3 is 2.49 bits per heavy atom. The van der Waals surface area contributed by atoms with Crippen molar-refractivity contribution in [2.24, 2.45) is 0 Å². The van der Waals surface area contributed by atoms with E-state index in [1.807, 2.05) is 0 Å². The lowest BCUT2D eigenvalue weighted by molar-refractivity contribution is -0.137. The van der Waals surface area contributed by atoms with Crippen molar-refractivity contribution in [2.45, 2.75) is 12.8 Å². The number of benzene rings is 3. The second-order valence-electron chi connectivity index (χ2n) is 7.15. The van der Waals surface area contributed by atoms with Gasteiger partial charge in [-0.15, -0.1) is 0 Å². The van der Waals surface area contributed by atoms with Gasteiger partial charge in [-0.1, -0.05) is 29.8 Å². The zero-order valence-electron chi connectivity index (χ0n) is 18.1. The van der Waals surface area contributed by atoms with Gasteiger partial charge in [0.1, 0.15) is 24.1 Å². The second-order valence-corrected chi connectivity index (χ2v) is 7.56. The predicted molar refractivity (Wildman–Crippen MR) is 122 cm³/mol. The molecule has 0 saturated heterocycles. The van der Waals surface area contributed by atoms with Crippen molar-refractivity contribution in [2.75, 3.05) is 12.4 Å². The number of nitrogens with zero attached hydrogens (tertiary/aromatic N) is 1. The lowest BCUT2D eigenvalue weighted by Crippen LogP contribution is -2.14. The van der Waals surface area contributed by atoms with Crippen LogP contribution in [0.25, 0.3) is 6.08 Å². The minimum absolute atomic E-state index is 0.0778. The zero-order valence-corrected chi connectivity index (χ0v) is 18.9. The topological polar surface area (TPSA) is 71.3 Å². The fraction of sp³-hybridized carbons (Fsp3) is 0.120. The molecule has 0 bridgehead atoms. The molecule has 10 heteroatoms. The summed E-state index contributed by atoms with van der Waals surface area (Å²) in [6, 6.07) is 14.4. The van der Waals surface area contributed by atoms with Crippen LogP contribution in [0.5, 0.6) is 11.5 Å². The van der Waals surface area contributed by atoms with Crippen molar-refractivity contribution < 1.29 is 31.8 Å². The summed E-state index contributed by atoms with van der Waals surface area (Å²) in [5, 5.41) is 11.8. The number of carbonyl (C=O) groups excluding carboxylic acids is 1. The number of hydrogen-bond donors (Lipinski definition) is 1. The third-order valence-electron chi connectivity index (χ3n) is 4.67. The summed E-state index contributed by atoms with van der Waals surface area (Å²) in [6.45, 7) is 0.0778. The minimum atomic E-state index is -4.58. The van der Waals surface area contributed by atoms with Crippen LogP contribution >= 0.6 is 11.6 Å². The average molecular weight is 505 g/mol. The highest BCUT2D eigenvalue weighted by Crippen LogP contribution is 2.37. The van der Waals surface area contributed by atoms with Gasteiger partial charge in [0, 0.05) is 5.69 Å². The molecule has 0 aromatic heterocycles. The van der Waals surface area contributed by atoms with E-state index < -0.39 is 17.6 Å². The van der Waals surface area contributed by atoms with Gasteiger partial charge in [-0.05, 0) is 59.7 Å². The van der Waals surface area contributed by atoms with E-state index >= 15 is 0 Å². The summed E-state index contributed by atoms with van der Waals surface area (Å²) in [4.78, 5) is 12.5. The first-order valence-electron chi connectivity index (χ1n) is 9.96. The first kappa shape index (κ1) is 25.6. The van der Waals surface area contributed by atoms with Crippen LogP contribution in [0.1, 0.15) is 16.7 Å². The highest BCUT2D eigenvalue weighted by molar-refractivity contribution is 6.32. The van der Waals surface area contributed by atoms with Crippen molar-refractivity contribution in [1.29, 1.82) is 5.26 Å². The van der Waals surface area contributed by atoms with E-state index in [9.17, 15) is 27.6 Å². The molecule has 0 aliphatic heterocycles. The van der Waals surface area contributed by atoms with Gasteiger partial charge in [0.2, 0.25) is 0 Å². The van der Waals surface area contributed by atoms with Crippen molar-refractivity contribution in [3.05, 3.63) is 93.8 Å². The maximum Gasteiger partial charge on any atom is 0.416 e. The molecule has 5 nitrogen and oxygen atoms in total. The molecular formula is C25H17ClF4N2O3. The van der Waals surface area contributed by atoms with Crippen LogP contribution < -0.4 is 14.8 Å². The van der Waals surface area contributed by atoms with Gasteiger partial charge >= 0.3 is 6.18 Å². The Balaban J connectivity index is 1.81. The molecule has 180 valence electrons. The Labute approximate surface area is 203 Å². The third kappa shape index (κ3) is 6.74. The maximum atomic E-state index is 13.1. The summed E-state index contributed by atoms with van der Waals surface area (Å²) in [5.74, 6) is -0.881. The quantitative estimate of drug-likeness (QED) is 0.223. The van der Waals surface area contributed by atoms with Gasteiger partial charge in [0.15, 0.2) is 11.5 Å². The van der Waals surface area contributed by atoms with Gasteiger partial charge in [-0.25, -0.2) is 4.39 Å². The molecule has 0 saturated carbocycles. The molecule has 0 unspecified atom stereocenters. The van der Waals surface area contributed by atoms with E-state index in [-0.39, 0.29) is 40.2 Å². The monoisotopic (exact) mass is 504 g/mol. The average Bonchev–Trinajstić information content (AvgIpc) is 2.82. The smallest absolute Gasteiger partial charge is 0.416 e. The molecule has 0 atom stereocenters. The van der Waals surface area contributed by atoms with Gasteiger partial charge in [0.05, 0.1) is 17.7 Å². The summed E-state index contributed by atoms with van der Waals surface area (Å²) in [7, 11) is 1.37. The molecular weight excluding hydrogens is 488 g/mol. The number of nitrogens with one attached hydrogen (secondary N) is 1. The lowest BCUT2D eigenvalue weighted by Gasteiger charge is -2.14. The fourth-order valence-corrected chi connectivity index (χ4v) is 3.26. The SMILES string of the molecule is COc1cc(/C=C(\C#N)C(=O)Nc2cccc(C(F)(F)F)c2)cc(Cl)c1OCc1ccc(F)cc1. The summed E-state index contributed by atoms with van der Waals surface area (Å²) < 4.78 is 62.8. The Morgan fingerprint density at radius 1 is 1.14 bits per heavy atom. The molecule has 35 heavy (non-hydrogen) atoms. The van der Waals surface area contributed by atoms with Crippen LogP contribution in [-0.2, 0) is 17.6 Å². The molecule has 1 N–H and O–H groups in total. The standard InChI is InChI=1S/C25H17ClF4N2O3/c1-34-22-11-16(10-21(26)23(22)35-14-15-5-7-19(27)8-6-15)9-17(13-31)24(33)32-20-4-2-3-18(12-20)25(28,29)30/h2-12H,14H2,1H3,(H,32,33)/b17-9+. The van der Waals surface area contributed by atoms with Crippen LogP contribution in [0, 0.1) is 17.1 Å². The molecule has 0 radical (unpaired) electrons. The molecule has 0 aliphatic rings. The van der Waals surface area contributed by atoms with E-state index in [2.05, 4.69) is 5.32 Å². The zero-order chi connectivity index (χ0) is 25.6. The van der Waals surface area contributed by atoms with Gasteiger partial charge in [0.25, 0.3) is 5.91 Å². The molecule has 0 aliphatic carbocycles. The van der Waals surface area contributed by atoms with Crippen LogP contribution in [0.15, 0.2) is 66.2 Å². The fourth-order valence-electron chi connectivity index (χ4n) is 2.99. The first-order chi connectivity index (χ1) is 16.6. The minimum Gasteiger partial charge on any atom is -0.493 e. The number of ether oxygens (including phenoxy) is 2. The van der Waals surface area contributed by atoms with Gasteiger partial charge in [-0.2, -0.15) is 18.4 Å². The molecule has 0 fully saturated rings. The highest BCUT2D eigenvalue weighted by atomic mass is 35.5. The maximum absolute atomic E-state index is 13.1. The summed E-state index contributed by atoms with van der Waals surface area (Å²) in [6.07, 6.45) is -3.37. The highest BCUT2D eigenvalue weighted by Gasteiger charge is 2.30. The number of methoxy groups -OCH3 is 1. The van der Waals surface area contributed by atoms with E-state index in [1.165, 1.54) is 43.5 Å². The third-order valence-corrected chi connectivity index (χ3v) is 4.95. The number of carbonyl (C=O) groups is 1. The summed E-state index contributed by atoms with van der Waals surface area (Å²) >= 11 is 6.32. The Morgan fingerprint density at radius 2 is 1.86 bits per heavy atom. The van der Waals surface area contributed by atoms with Crippen LogP contribution in [0.2, 0.25) is 5.02 Å². The van der Waals surface area contributed by atoms with E-state index in [0.717, 1.165) is 18.2 Å². The summed E-state index contributed by atoms with van der Waals surface area (Å²) in [5.41, 5.74) is -0.430. The van der Waals surface area contributed by atoms with Gasteiger partial charge in [-0.3, -0.25) is 4.79 Å². The number of nitriles is 1. The van der Waals surface area contributed by atoms with Gasteiger partial charge < -0.3 is 14.8 Å². The molecule has 0 heterocycles. The molecule has 3 aromatic carbocycles. The first-order valence-corrected chi connectivity index (χ1v) is 10.3. The Bertz CT molecular complexity index is 1300. The molecule has 3 rings (SSSR count). The van der Waals surface area contributed by atoms with Crippen molar-refractivity contribution in [3.8, 4) is 17.6 Å². The van der Waals surface area contributed by atoms with E-state index in [1.54, 1.807) is 18.2 Å². The van der Waals surface area contributed by atoms with Crippen LogP contribution in [0.3, 0.4) is 0 Å². The number of halogens is 5. The number of rotatable bonds is 7. The Kier molecular flexibility index (Phi) is 7.99. The Hall–Kier alpha value is -4.03. The molecule has 3 aromatic rings. The molecule has 1 amide bonds. The van der Waals surface area contributed by atoms with E-state index in [0.29, 0.717) is 11.1 Å². The number of amides is 1. The van der Waals surface area contributed by atoms with Crippen molar-refractivity contribution in [3.63, 3.8) is 0 Å². The number of anilines is 1. The second kappa shape index (κ2) is 10.9. The van der Waals surface area contributed by atoms with Crippen molar-refractivity contribution in [1.82, 2.24) is 0 Å².